The number of piperidine rings is 1. The molecular formula is C14H28ClN3O. The van der Waals surface area contributed by atoms with E-state index in [4.69, 9.17) is 0 Å². The molecule has 2 aliphatic heterocycles. The molecule has 1 atom stereocenters. The maximum Gasteiger partial charge on any atom is 0.225 e. The van der Waals surface area contributed by atoms with Crippen LogP contribution in [-0.4, -0.2) is 61.5 Å². The average Bonchev–Trinajstić information content (AvgIpc) is 2.86. The van der Waals surface area contributed by atoms with Crippen molar-refractivity contribution in [3.05, 3.63) is 0 Å². The molecule has 2 rings (SSSR count). The highest BCUT2D eigenvalue weighted by Crippen LogP contribution is 2.19. The van der Waals surface area contributed by atoms with E-state index in [2.05, 4.69) is 17.1 Å². The van der Waals surface area contributed by atoms with Crippen LogP contribution in [-0.2, 0) is 4.79 Å². The minimum Gasteiger partial charge on any atom is -0.344 e. The maximum atomic E-state index is 12.4. The van der Waals surface area contributed by atoms with Gasteiger partial charge in [-0.25, -0.2) is 0 Å². The van der Waals surface area contributed by atoms with Gasteiger partial charge in [-0.2, -0.15) is 0 Å². The van der Waals surface area contributed by atoms with Crippen LogP contribution in [0.4, 0.5) is 0 Å². The predicted molar refractivity (Wildman–Crippen MR) is 80.7 cm³/mol. The van der Waals surface area contributed by atoms with Crippen molar-refractivity contribution in [2.45, 2.75) is 38.6 Å². The number of likely N-dealkylation sites (N-methyl/N-ethyl adjacent to an activating group) is 2. The van der Waals surface area contributed by atoms with E-state index in [1.54, 1.807) is 0 Å². The van der Waals surface area contributed by atoms with Gasteiger partial charge in [0.05, 0.1) is 0 Å². The predicted octanol–water partition coefficient (Wildman–Crippen LogP) is 1.35. The standard InChI is InChI=1S/C14H27N3O.ClH/c1-3-17-10-4-5-13(17)11-16(2)14(18)12-6-8-15-9-7-12;/h12-13,15H,3-11H2,1-2H3;1H. The van der Waals surface area contributed by atoms with Crippen molar-refractivity contribution in [1.82, 2.24) is 15.1 Å². The third-order valence-electron chi connectivity index (χ3n) is 4.45. The molecule has 0 bridgehead atoms. The lowest BCUT2D eigenvalue weighted by atomic mass is 9.96. The summed E-state index contributed by atoms with van der Waals surface area (Å²) < 4.78 is 0. The summed E-state index contributed by atoms with van der Waals surface area (Å²) in [6.45, 7) is 7.43. The first-order valence-electron chi connectivity index (χ1n) is 7.42. The number of nitrogens with one attached hydrogen (secondary N) is 1. The van der Waals surface area contributed by atoms with Gasteiger partial charge in [-0.1, -0.05) is 6.92 Å². The summed E-state index contributed by atoms with van der Waals surface area (Å²) >= 11 is 0. The van der Waals surface area contributed by atoms with Gasteiger partial charge in [-0.3, -0.25) is 9.69 Å². The Balaban J connectivity index is 0.00000180. The minimum atomic E-state index is 0. The molecule has 0 aromatic heterocycles. The van der Waals surface area contributed by atoms with Gasteiger partial charge in [0.25, 0.3) is 0 Å². The number of rotatable bonds is 4. The molecule has 2 heterocycles. The Morgan fingerprint density at radius 1 is 1.32 bits per heavy atom. The molecule has 2 fully saturated rings. The lowest BCUT2D eigenvalue weighted by Gasteiger charge is -2.31. The third kappa shape index (κ3) is 4.33. The topological polar surface area (TPSA) is 35.6 Å². The van der Waals surface area contributed by atoms with E-state index in [1.165, 1.54) is 19.4 Å². The summed E-state index contributed by atoms with van der Waals surface area (Å²) in [4.78, 5) is 16.8. The molecule has 19 heavy (non-hydrogen) atoms. The zero-order valence-corrected chi connectivity index (χ0v) is 13.0. The van der Waals surface area contributed by atoms with Crippen LogP contribution in [0.3, 0.4) is 0 Å². The van der Waals surface area contributed by atoms with Crippen molar-refractivity contribution in [3.8, 4) is 0 Å². The number of amides is 1. The van der Waals surface area contributed by atoms with Gasteiger partial charge in [0, 0.05) is 25.6 Å². The fraction of sp³-hybridized carbons (Fsp3) is 0.929. The van der Waals surface area contributed by atoms with Gasteiger partial charge in [-0.15, -0.1) is 12.4 Å². The molecule has 1 amide bonds. The Morgan fingerprint density at radius 2 is 2.00 bits per heavy atom. The Labute approximate surface area is 123 Å². The fourth-order valence-corrected chi connectivity index (χ4v) is 3.30. The lowest BCUT2D eigenvalue weighted by Crippen LogP contribution is -2.45. The number of hydrogen-bond acceptors (Lipinski definition) is 3. The number of nitrogens with zero attached hydrogens (tertiary/aromatic N) is 2. The van der Waals surface area contributed by atoms with Crippen LogP contribution in [0.5, 0.6) is 0 Å². The van der Waals surface area contributed by atoms with Gasteiger partial charge in [0.2, 0.25) is 5.91 Å². The van der Waals surface area contributed by atoms with Crippen LogP contribution in [0, 0.1) is 5.92 Å². The highest BCUT2D eigenvalue weighted by molar-refractivity contribution is 5.85. The first-order chi connectivity index (χ1) is 8.72. The van der Waals surface area contributed by atoms with E-state index in [0.717, 1.165) is 39.0 Å². The van der Waals surface area contributed by atoms with Crippen LogP contribution in [0.25, 0.3) is 0 Å². The second-order valence-electron chi connectivity index (χ2n) is 5.67. The number of halogens is 1. The molecule has 1 unspecified atom stereocenters. The second-order valence-corrected chi connectivity index (χ2v) is 5.67. The molecule has 1 N–H and O–H groups in total. The average molecular weight is 290 g/mol. The number of carbonyl (C=O) groups excluding carboxylic acids is 1. The van der Waals surface area contributed by atoms with Crippen molar-refractivity contribution in [2.24, 2.45) is 5.92 Å². The van der Waals surface area contributed by atoms with Crippen LogP contribution in [0.1, 0.15) is 32.6 Å². The third-order valence-corrected chi connectivity index (χ3v) is 4.45. The maximum absolute atomic E-state index is 12.4. The molecule has 0 saturated carbocycles. The second kappa shape index (κ2) is 8.08. The van der Waals surface area contributed by atoms with Gasteiger partial charge in [-0.05, 0) is 51.9 Å². The first-order valence-corrected chi connectivity index (χ1v) is 7.42. The van der Waals surface area contributed by atoms with E-state index >= 15 is 0 Å². The summed E-state index contributed by atoms with van der Waals surface area (Å²) in [6, 6.07) is 0.589. The monoisotopic (exact) mass is 289 g/mol. The van der Waals surface area contributed by atoms with Crippen molar-refractivity contribution in [2.75, 3.05) is 39.8 Å². The van der Waals surface area contributed by atoms with Gasteiger partial charge in [0.15, 0.2) is 0 Å². The van der Waals surface area contributed by atoms with Crippen molar-refractivity contribution >= 4 is 18.3 Å². The van der Waals surface area contributed by atoms with Gasteiger partial charge >= 0.3 is 0 Å². The molecule has 0 aromatic rings. The molecule has 112 valence electrons. The number of likely N-dealkylation sites (tertiary alicyclic amines) is 1. The number of hydrogen-bond donors (Lipinski definition) is 1. The van der Waals surface area contributed by atoms with Gasteiger partial charge < -0.3 is 10.2 Å². The van der Waals surface area contributed by atoms with Crippen molar-refractivity contribution < 1.29 is 4.79 Å². The largest absolute Gasteiger partial charge is 0.344 e. The summed E-state index contributed by atoms with van der Waals surface area (Å²) in [7, 11) is 1.98. The Kier molecular flexibility index (Phi) is 7.11. The van der Waals surface area contributed by atoms with E-state index in [9.17, 15) is 4.79 Å². The number of carbonyl (C=O) groups is 1. The molecule has 2 saturated heterocycles. The highest BCUT2D eigenvalue weighted by Gasteiger charge is 2.28. The van der Waals surface area contributed by atoms with E-state index in [0.29, 0.717) is 11.9 Å². The molecule has 2 aliphatic rings. The normalized spacial score (nSPS) is 25.1. The van der Waals surface area contributed by atoms with E-state index in [-0.39, 0.29) is 18.3 Å². The molecule has 0 aliphatic carbocycles. The smallest absolute Gasteiger partial charge is 0.225 e. The molecule has 5 heteroatoms. The zero-order valence-electron chi connectivity index (χ0n) is 12.2. The highest BCUT2D eigenvalue weighted by atomic mass is 35.5. The van der Waals surface area contributed by atoms with Crippen molar-refractivity contribution in [3.63, 3.8) is 0 Å². The quantitative estimate of drug-likeness (QED) is 0.849. The Morgan fingerprint density at radius 3 is 2.63 bits per heavy atom. The molecule has 0 aromatic carbocycles. The molecule has 0 spiro atoms. The molecule has 0 radical (unpaired) electrons. The Hall–Kier alpha value is -0.320. The van der Waals surface area contributed by atoms with Crippen LogP contribution < -0.4 is 5.32 Å². The van der Waals surface area contributed by atoms with Crippen LogP contribution in [0.2, 0.25) is 0 Å². The van der Waals surface area contributed by atoms with Gasteiger partial charge in [0.1, 0.15) is 0 Å². The fourth-order valence-electron chi connectivity index (χ4n) is 3.30. The Bertz CT molecular complexity index is 282. The minimum absolute atomic E-state index is 0. The summed E-state index contributed by atoms with van der Waals surface area (Å²) in [5.74, 6) is 0.618. The summed E-state index contributed by atoms with van der Waals surface area (Å²) in [5, 5.41) is 3.32. The van der Waals surface area contributed by atoms with Crippen LogP contribution in [0.15, 0.2) is 0 Å². The lowest BCUT2D eigenvalue weighted by molar-refractivity contribution is -0.135. The van der Waals surface area contributed by atoms with Crippen LogP contribution >= 0.6 is 12.4 Å². The summed E-state index contributed by atoms with van der Waals surface area (Å²) in [6.07, 6.45) is 4.54. The SMILES string of the molecule is CCN1CCCC1CN(C)C(=O)C1CCNCC1.Cl. The van der Waals surface area contributed by atoms with Crippen molar-refractivity contribution in [1.29, 1.82) is 0 Å². The van der Waals surface area contributed by atoms with E-state index < -0.39 is 0 Å². The molecular weight excluding hydrogens is 262 g/mol. The summed E-state index contributed by atoms with van der Waals surface area (Å²) in [5.41, 5.74) is 0. The van der Waals surface area contributed by atoms with E-state index in [1.807, 2.05) is 11.9 Å². The molecule has 4 nitrogen and oxygen atoms in total. The zero-order chi connectivity index (χ0) is 13.0. The first kappa shape index (κ1) is 16.7.